The average molecular weight is 358 g/mol. The Kier molecular flexibility index (Phi) is 4.62. The number of aromatic amines is 1. The van der Waals surface area contributed by atoms with Crippen LogP contribution in [-0.4, -0.2) is 68.4 Å². The number of hydrogen-bond donors (Lipinski definition) is 3. The molecular weight excluding hydrogens is 340 g/mol. The fourth-order valence-corrected chi connectivity index (χ4v) is 3.33. The number of nitriles is 1. The standard InChI is InChI=1S/C16H18N6O4/c1-21(15-12-13(25)16(26)20-14(12)18-8-19-15)10-6-22(11(24)2-4-17)5-3-9(10)7-23/h7-10,25-26H,2-3,5-6H2,1H3,(H,18,19,20). The fourth-order valence-electron chi connectivity index (χ4n) is 3.33. The molecule has 2 unspecified atom stereocenters. The van der Waals surface area contributed by atoms with E-state index in [1.807, 2.05) is 6.07 Å². The van der Waals surface area contributed by atoms with E-state index in [0.29, 0.717) is 18.8 Å². The molecule has 0 aromatic carbocycles. The molecule has 3 N–H and O–H groups in total. The maximum atomic E-state index is 12.1. The third-order valence-corrected chi connectivity index (χ3v) is 4.75. The number of H-pyrrole nitrogens is 1. The van der Waals surface area contributed by atoms with Crippen LogP contribution in [0.4, 0.5) is 5.82 Å². The molecule has 26 heavy (non-hydrogen) atoms. The zero-order valence-electron chi connectivity index (χ0n) is 14.1. The highest BCUT2D eigenvalue weighted by atomic mass is 16.3. The third-order valence-electron chi connectivity index (χ3n) is 4.75. The fraction of sp³-hybridized carbons (Fsp3) is 0.438. The van der Waals surface area contributed by atoms with Gasteiger partial charge in [0.15, 0.2) is 5.75 Å². The van der Waals surface area contributed by atoms with E-state index >= 15 is 0 Å². The lowest BCUT2D eigenvalue weighted by Gasteiger charge is -2.41. The second-order valence-corrected chi connectivity index (χ2v) is 6.18. The molecule has 2 aromatic heterocycles. The largest absolute Gasteiger partial charge is 0.503 e. The van der Waals surface area contributed by atoms with Crippen LogP contribution in [0, 0.1) is 17.2 Å². The molecule has 2 aromatic rings. The summed E-state index contributed by atoms with van der Waals surface area (Å²) in [6.45, 7) is 0.659. The number of fused-ring (bicyclic) bond motifs is 1. The van der Waals surface area contributed by atoms with E-state index in [0.717, 1.165) is 6.29 Å². The van der Waals surface area contributed by atoms with Gasteiger partial charge in [-0.15, -0.1) is 0 Å². The monoisotopic (exact) mass is 358 g/mol. The van der Waals surface area contributed by atoms with E-state index < -0.39 is 11.9 Å². The van der Waals surface area contributed by atoms with Gasteiger partial charge in [-0.1, -0.05) is 0 Å². The molecule has 10 heteroatoms. The predicted molar refractivity (Wildman–Crippen MR) is 90.4 cm³/mol. The van der Waals surface area contributed by atoms with Crippen LogP contribution < -0.4 is 4.90 Å². The minimum Gasteiger partial charge on any atom is -0.503 e. The molecular formula is C16H18N6O4. The van der Waals surface area contributed by atoms with Gasteiger partial charge in [0, 0.05) is 26.1 Å². The first-order chi connectivity index (χ1) is 12.5. The summed E-state index contributed by atoms with van der Waals surface area (Å²) >= 11 is 0. The first kappa shape index (κ1) is 17.5. The second kappa shape index (κ2) is 6.87. The van der Waals surface area contributed by atoms with Crippen LogP contribution in [0.1, 0.15) is 12.8 Å². The van der Waals surface area contributed by atoms with Gasteiger partial charge in [0.25, 0.3) is 0 Å². The molecule has 136 valence electrons. The van der Waals surface area contributed by atoms with Gasteiger partial charge in [-0.2, -0.15) is 5.26 Å². The maximum absolute atomic E-state index is 12.1. The van der Waals surface area contributed by atoms with Gasteiger partial charge in [0.05, 0.1) is 12.1 Å². The molecule has 1 fully saturated rings. The van der Waals surface area contributed by atoms with Crippen molar-refractivity contribution in [3.8, 4) is 17.7 Å². The number of nitrogens with one attached hydrogen (secondary N) is 1. The predicted octanol–water partition coefficient (Wildman–Crippen LogP) is 0.135. The summed E-state index contributed by atoms with van der Waals surface area (Å²) in [6.07, 6.45) is 2.38. The molecule has 10 nitrogen and oxygen atoms in total. The van der Waals surface area contributed by atoms with Gasteiger partial charge >= 0.3 is 0 Å². The van der Waals surface area contributed by atoms with Crippen molar-refractivity contribution in [2.24, 2.45) is 5.92 Å². The molecule has 1 saturated heterocycles. The number of aromatic nitrogens is 3. The lowest BCUT2D eigenvalue weighted by Crippen LogP contribution is -2.54. The number of aldehydes is 1. The number of hydrogen-bond acceptors (Lipinski definition) is 8. The van der Waals surface area contributed by atoms with Crippen LogP contribution in [0.25, 0.3) is 11.0 Å². The van der Waals surface area contributed by atoms with Crippen LogP contribution in [0.5, 0.6) is 11.6 Å². The van der Waals surface area contributed by atoms with Crippen LogP contribution in [0.2, 0.25) is 0 Å². The smallest absolute Gasteiger partial charge is 0.236 e. The highest BCUT2D eigenvalue weighted by Gasteiger charge is 2.35. The van der Waals surface area contributed by atoms with Gasteiger partial charge in [-0.25, -0.2) is 9.97 Å². The minimum atomic E-state index is -0.420. The normalized spacial score (nSPS) is 19.9. The summed E-state index contributed by atoms with van der Waals surface area (Å²) in [7, 11) is 1.70. The second-order valence-electron chi connectivity index (χ2n) is 6.18. The van der Waals surface area contributed by atoms with E-state index in [9.17, 15) is 19.8 Å². The molecule has 0 spiro atoms. The molecule has 1 aliphatic heterocycles. The van der Waals surface area contributed by atoms with Crippen molar-refractivity contribution in [3.63, 3.8) is 0 Å². The number of anilines is 1. The van der Waals surface area contributed by atoms with Crippen molar-refractivity contribution in [1.29, 1.82) is 5.26 Å². The highest BCUT2D eigenvalue weighted by molar-refractivity contribution is 5.95. The summed E-state index contributed by atoms with van der Waals surface area (Å²) in [5, 5.41) is 28.8. The van der Waals surface area contributed by atoms with E-state index in [2.05, 4.69) is 15.0 Å². The van der Waals surface area contributed by atoms with Crippen molar-refractivity contribution < 1.29 is 19.8 Å². The molecule has 1 aliphatic rings. The Morgan fingerprint density at radius 3 is 3.00 bits per heavy atom. The molecule has 3 heterocycles. The zero-order valence-corrected chi connectivity index (χ0v) is 14.1. The Hall–Kier alpha value is -3.35. The Labute approximate surface area is 148 Å². The summed E-state index contributed by atoms with van der Waals surface area (Å²) in [4.78, 5) is 37.6. The number of carbonyl (C=O) groups excluding carboxylic acids is 2. The molecule has 1 amide bonds. The minimum absolute atomic E-state index is 0.216. The van der Waals surface area contributed by atoms with Gasteiger partial charge in [0.1, 0.15) is 35.9 Å². The molecule has 3 rings (SSSR count). The highest BCUT2D eigenvalue weighted by Crippen LogP contribution is 2.38. The number of carbonyl (C=O) groups is 2. The number of amides is 1. The van der Waals surface area contributed by atoms with E-state index in [1.165, 1.54) is 6.33 Å². The number of aromatic hydroxyl groups is 2. The Morgan fingerprint density at radius 1 is 1.54 bits per heavy atom. The van der Waals surface area contributed by atoms with Crippen LogP contribution in [-0.2, 0) is 9.59 Å². The quantitative estimate of drug-likeness (QED) is 0.654. The number of piperidine rings is 1. The number of likely N-dealkylation sites (N-methyl/N-ethyl adjacent to an activating group) is 1. The first-order valence-corrected chi connectivity index (χ1v) is 8.05. The van der Waals surface area contributed by atoms with Crippen molar-refractivity contribution in [3.05, 3.63) is 6.33 Å². The summed E-state index contributed by atoms with van der Waals surface area (Å²) in [5.74, 6) is -1.10. The van der Waals surface area contributed by atoms with Crippen molar-refractivity contribution in [2.45, 2.75) is 18.9 Å². The molecule has 0 bridgehead atoms. The van der Waals surface area contributed by atoms with Gasteiger partial charge in [-0.05, 0) is 6.42 Å². The van der Waals surface area contributed by atoms with Crippen molar-refractivity contribution in [2.75, 3.05) is 25.0 Å². The molecule has 2 atom stereocenters. The van der Waals surface area contributed by atoms with Crippen LogP contribution in [0.3, 0.4) is 0 Å². The Balaban J connectivity index is 1.96. The Morgan fingerprint density at radius 2 is 2.31 bits per heavy atom. The zero-order chi connectivity index (χ0) is 18.8. The molecule has 0 radical (unpaired) electrons. The maximum Gasteiger partial charge on any atom is 0.236 e. The summed E-state index contributed by atoms with van der Waals surface area (Å²) in [6, 6.07) is 1.45. The van der Waals surface area contributed by atoms with Gasteiger partial charge in [-0.3, -0.25) is 4.79 Å². The van der Waals surface area contributed by atoms with E-state index in [-0.39, 0.29) is 41.6 Å². The van der Waals surface area contributed by atoms with E-state index in [1.54, 1.807) is 16.8 Å². The summed E-state index contributed by atoms with van der Waals surface area (Å²) in [5.41, 5.74) is 0.257. The Bertz CT molecular complexity index is 889. The lowest BCUT2D eigenvalue weighted by molar-refractivity contribution is -0.133. The number of rotatable bonds is 4. The van der Waals surface area contributed by atoms with Crippen molar-refractivity contribution >= 4 is 29.0 Å². The SMILES string of the molecule is CN(c1ncnc2[nH]c(O)c(O)c12)C1CN(C(=O)CC#N)CCC1C=O. The summed E-state index contributed by atoms with van der Waals surface area (Å²) < 4.78 is 0. The lowest BCUT2D eigenvalue weighted by atomic mass is 9.91. The van der Waals surface area contributed by atoms with Gasteiger partial charge in [0.2, 0.25) is 11.8 Å². The third kappa shape index (κ3) is 2.88. The van der Waals surface area contributed by atoms with Crippen LogP contribution in [0.15, 0.2) is 6.33 Å². The molecule has 0 saturated carbocycles. The number of likely N-dealkylation sites (tertiary alicyclic amines) is 1. The van der Waals surface area contributed by atoms with Crippen LogP contribution >= 0.6 is 0 Å². The molecule has 0 aliphatic carbocycles. The van der Waals surface area contributed by atoms with E-state index in [4.69, 9.17) is 5.26 Å². The topological polar surface area (TPSA) is 146 Å². The first-order valence-electron chi connectivity index (χ1n) is 8.05. The van der Waals surface area contributed by atoms with Gasteiger partial charge < -0.3 is 29.8 Å². The average Bonchev–Trinajstić information content (AvgIpc) is 2.95. The van der Waals surface area contributed by atoms with Crippen molar-refractivity contribution in [1.82, 2.24) is 19.9 Å². The number of nitrogens with zero attached hydrogens (tertiary/aromatic N) is 5.